The average molecular weight is 345 g/mol. The summed E-state index contributed by atoms with van der Waals surface area (Å²) >= 11 is 0. The molecule has 0 unspecified atom stereocenters. The third-order valence-electron chi connectivity index (χ3n) is 5.56. The van der Waals surface area contributed by atoms with E-state index in [0.29, 0.717) is 29.3 Å². The van der Waals surface area contributed by atoms with E-state index in [4.69, 9.17) is 14.2 Å². The predicted molar refractivity (Wildman–Crippen MR) is 90.9 cm³/mol. The van der Waals surface area contributed by atoms with Gasteiger partial charge in [0.1, 0.15) is 0 Å². The summed E-state index contributed by atoms with van der Waals surface area (Å²) in [6.07, 6.45) is 3.97. The van der Waals surface area contributed by atoms with Gasteiger partial charge in [-0.05, 0) is 37.3 Å². The number of carbonyl (C=O) groups excluding carboxylic acids is 1. The van der Waals surface area contributed by atoms with E-state index >= 15 is 0 Å². The number of morpholine rings is 1. The van der Waals surface area contributed by atoms with Crippen LogP contribution < -0.4 is 20.1 Å². The number of anilines is 1. The lowest BCUT2D eigenvalue weighted by atomic mass is 10.1. The number of urea groups is 1. The Balaban J connectivity index is 1.15. The second-order valence-electron chi connectivity index (χ2n) is 7.42. The van der Waals surface area contributed by atoms with Crippen LogP contribution in [0.1, 0.15) is 19.3 Å². The van der Waals surface area contributed by atoms with Crippen LogP contribution in [0.5, 0.6) is 11.5 Å². The number of benzene rings is 1. The number of rotatable bonds is 3. The summed E-state index contributed by atoms with van der Waals surface area (Å²) in [5.74, 6) is 2.14. The van der Waals surface area contributed by atoms with E-state index in [1.165, 1.54) is 12.8 Å². The summed E-state index contributed by atoms with van der Waals surface area (Å²) in [4.78, 5) is 14.8. The van der Waals surface area contributed by atoms with Crippen molar-refractivity contribution in [2.24, 2.45) is 5.92 Å². The summed E-state index contributed by atoms with van der Waals surface area (Å²) in [5, 5.41) is 5.97. The number of ether oxygens (including phenoxy) is 3. The van der Waals surface area contributed by atoms with E-state index in [-0.39, 0.29) is 18.9 Å². The van der Waals surface area contributed by atoms with E-state index < -0.39 is 0 Å². The highest BCUT2D eigenvalue weighted by molar-refractivity contribution is 5.89. The first-order chi connectivity index (χ1) is 12.2. The average Bonchev–Trinajstić information content (AvgIpc) is 3.21. The van der Waals surface area contributed by atoms with E-state index in [1.807, 2.05) is 12.1 Å². The molecule has 134 valence electrons. The van der Waals surface area contributed by atoms with E-state index in [2.05, 4.69) is 15.5 Å². The molecular weight excluding hydrogens is 322 g/mol. The van der Waals surface area contributed by atoms with Crippen molar-refractivity contribution in [2.45, 2.75) is 37.5 Å². The van der Waals surface area contributed by atoms with Crippen molar-refractivity contribution in [1.29, 1.82) is 0 Å². The minimum Gasteiger partial charge on any atom is -0.454 e. The maximum Gasteiger partial charge on any atom is 0.319 e. The third-order valence-corrected chi connectivity index (χ3v) is 5.56. The Bertz CT molecular complexity index is 678. The largest absolute Gasteiger partial charge is 0.454 e. The SMILES string of the molecule is O=C(Nc1ccc2c(c1)OCO2)N[C@H]1C[C@H]2CO[C@H](C3CC3)CN2C1. The van der Waals surface area contributed by atoms with Gasteiger partial charge in [-0.25, -0.2) is 4.79 Å². The van der Waals surface area contributed by atoms with E-state index in [1.54, 1.807) is 6.07 Å². The van der Waals surface area contributed by atoms with Gasteiger partial charge in [-0.2, -0.15) is 0 Å². The third kappa shape index (κ3) is 3.14. The maximum absolute atomic E-state index is 12.3. The molecule has 3 fully saturated rings. The summed E-state index contributed by atoms with van der Waals surface area (Å²) in [6, 6.07) is 5.84. The predicted octanol–water partition coefficient (Wildman–Crippen LogP) is 1.79. The number of fused-ring (bicyclic) bond motifs is 2. The Morgan fingerprint density at radius 1 is 1.16 bits per heavy atom. The molecule has 1 aromatic carbocycles. The molecule has 0 spiro atoms. The molecule has 3 heterocycles. The first-order valence-electron chi connectivity index (χ1n) is 9.07. The highest BCUT2D eigenvalue weighted by atomic mass is 16.7. The molecule has 7 nitrogen and oxygen atoms in total. The van der Waals surface area contributed by atoms with Crippen LogP contribution in [0.4, 0.5) is 10.5 Å². The first-order valence-corrected chi connectivity index (χ1v) is 9.07. The van der Waals surface area contributed by atoms with Gasteiger partial charge in [0, 0.05) is 36.9 Å². The molecule has 7 heteroatoms. The lowest BCUT2D eigenvalue weighted by Crippen LogP contribution is -2.47. The van der Waals surface area contributed by atoms with Gasteiger partial charge in [0.25, 0.3) is 0 Å². The second kappa shape index (κ2) is 6.07. The van der Waals surface area contributed by atoms with Crippen LogP contribution in [0, 0.1) is 5.92 Å². The Morgan fingerprint density at radius 3 is 2.92 bits per heavy atom. The van der Waals surface area contributed by atoms with Crippen molar-refractivity contribution in [2.75, 3.05) is 31.8 Å². The number of carbonyl (C=O) groups is 1. The lowest BCUT2D eigenvalue weighted by Gasteiger charge is -2.35. The molecule has 1 aliphatic carbocycles. The van der Waals surface area contributed by atoms with Crippen molar-refractivity contribution in [3.8, 4) is 11.5 Å². The van der Waals surface area contributed by atoms with Crippen molar-refractivity contribution in [3.05, 3.63) is 18.2 Å². The van der Waals surface area contributed by atoms with Crippen LogP contribution >= 0.6 is 0 Å². The van der Waals surface area contributed by atoms with Crippen molar-refractivity contribution in [3.63, 3.8) is 0 Å². The number of nitrogens with one attached hydrogen (secondary N) is 2. The van der Waals surface area contributed by atoms with Crippen LogP contribution in [0.3, 0.4) is 0 Å². The number of hydrogen-bond acceptors (Lipinski definition) is 5. The standard InChI is InChI=1S/C18H23N3O4/c22-18(19-12-3-4-15-16(6-12)25-10-24-15)20-13-5-14-9-23-17(11-1-2-11)8-21(14)7-13/h3-4,6,11,13-14,17H,1-2,5,7-10H2,(H2,19,20,22)/t13-,14-,17-/m0/s1. The Hall–Kier alpha value is -1.99. The van der Waals surface area contributed by atoms with Crippen LogP contribution in [-0.2, 0) is 4.74 Å². The zero-order valence-corrected chi connectivity index (χ0v) is 14.1. The molecule has 2 saturated heterocycles. The van der Waals surface area contributed by atoms with Gasteiger partial charge >= 0.3 is 6.03 Å². The maximum atomic E-state index is 12.3. The molecule has 3 atom stereocenters. The molecule has 0 aromatic heterocycles. The quantitative estimate of drug-likeness (QED) is 0.874. The molecule has 1 aromatic rings. The molecule has 0 radical (unpaired) electrons. The highest BCUT2D eigenvalue weighted by Gasteiger charge is 2.42. The molecule has 2 N–H and O–H groups in total. The summed E-state index contributed by atoms with van der Waals surface area (Å²) < 4.78 is 16.6. The van der Waals surface area contributed by atoms with E-state index in [0.717, 1.165) is 32.0 Å². The minimum absolute atomic E-state index is 0.167. The molecule has 4 aliphatic rings. The zero-order valence-electron chi connectivity index (χ0n) is 14.1. The van der Waals surface area contributed by atoms with E-state index in [9.17, 15) is 4.79 Å². The number of hydrogen-bond donors (Lipinski definition) is 2. The number of amides is 2. The Morgan fingerprint density at radius 2 is 2.04 bits per heavy atom. The molecule has 2 amide bonds. The lowest BCUT2D eigenvalue weighted by molar-refractivity contribution is -0.0581. The molecule has 5 rings (SSSR count). The zero-order chi connectivity index (χ0) is 16.8. The van der Waals surface area contributed by atoms with Gasteiger partial charge in [0.05, 0.1) is 12.7 Å². The van der Waals surface area contributed by atoms with Crippen molar-refractivity contribution in [1.82, 2.24) is 10.2 Å². The monoisotopic (exact) mass is 345 g/mol. The normalized spacial score (nSPS) is 30.8. The number of nitrogens with zero attached hydrogens (tertiary/aromatic N) is 1. The van der Waals surface area contributed by atoms with Gasteiger partial charge in [-0.3, -0.25) is 4.90 Å². The minimum atomic E-state index is -0.177. The van der Waals surface area contributed by atoms with Crippen LogP contribution in [-0.4, -0.2) is 55.6 Å². The van der Waals surface area contributed by atoms with Gasteiger partial charge in [0.2, 0.25) is 6.79 Å². The highest BCUT2D eigenvalue weighted by Crippen LogP contribution is 2.38. The van der Waals surface area contributed by atoms with Crippen LogP contribution in [0.15, 0.2) is 18.2 Å². The van der Waals surface area contributed by atoms with Gasteiger partial charge in [0.15, 0.2) is 11.5 Å². The van der Waals surface area contributed by atoms with Gasteiger partial charge in [-0.1, -0.05) is 0 Å². The molecule has 25 heavy (non-hydrogen) atoms. The van der Waals surface area contributed by atoms with Gasteiger partial charge < -0.3 is 24.8 Å². The summed E-state index contributed by atoms with van der Waals surface area (Å²) in [7, 11) is 0. The molecule has 3 aliphatic heterocycles. The fourth-order valence-electron chi connectivity index (χ4n) is 4.08. The smallest absolute Gasteiger partial charge is 0.319 e. The topological polar surface area (TPSA) is 72.1 Å². The van der Waals surface area contributed by atoms with Crippen molar-refractivity contribution < 1.29 is 19.0 Å². The fourth-order valence-corrected chi connectivity index (χ4v) is 4.08. The molecular formula is C18H23N3O4. The fraction of sp³-hybridized carbons (Fsp3) is 0.611. The Labute approximate surface area is 146 Å². The first kappa shape index (κ1) is 15.3. The van der Waals surface area contributed by atoms with Gasteiger partial charge in [-0.15, -0.1) is 0 Å². The van der Waals surface area contributed by atoms with Crippen LogP contribution in [0.25, 0.3) is 0 Å². The van der Waals surface area contributed by atoms with Crippen LogP contribution in [0.2, 0.25) is 0 Å². The second-order valence-corrected chi connectivity index (χ2v) is 7.42. The molecule has 0 bridgehead atoms. The summed E-state index contributed by atoms with van der Waals surface area (Å²) in [6.45, 7) is 2.94. The van der Waals surface area contributed by atoms with Crippen molar-refractivity contribution >= 4 is 11.7 Å². The molecule has 1 saturated carbocycles. The Kier molecular flexibility index (Phi) is 3.71. The summed E-state index contributed by atoms with van der Waals surface area (Å²) in [5.41, 5.74) is 0.703.